The van der Waals surface area contributed by atoms with Crippen molar-refractivity contribution in [3.63, 3.8) is 0 Å². The van der Waals surface area contributed by atoms with E-state index in [-0.39, 0.29) is 10.8 Å². The van der Waals surface area contributed by atoms with Gasteiger partial charge in [-0.05, 0) is 45.1 Å². The molecule has 2 heterocycles. The second-order valence-corrected chi connectivity index (χ2v) is 7.40. The molecule has 0 amide bonds. The molecule has 0 bridgehead atoms. The van der Waals surface area contributed by atoms with E-state index in [2.05, 4.69) is 12.2 Å². The molecule has 0 aromatic heterocycles. The Morgan fingerprint density at radius 3 is 2.67 bits per heavy atom. The highest BCUT2D eigenvalue weighted by atomic mass is 32.2. The summed E-state index contributed by atoms with van der Waals surface area (Å²) in [5, 5.41) is 3.45. The molecule has 88 valence electrons. The Hall–Kier alpha value is -0.0900. The van der Waals surface area contributed by atoms with Crippen LogP contribution in [0.25, 0.3) is 0 Å². The van der Waals surface area contributed by atoms with E-state index >= 15 is 0 Å². The van der Waals surface area contributed by atoms with Gasteiger partial charge in [-0.2, -0.15) is 0 Å². The van der Waals surface area contributed by atoms with Crippen LogP contribution in [-0.2, 0) is 9.84 Å². The maximum atomic E-state index is 11.8. The summed E-state index contributed by atoms with van der Waals surface area (Å²) in [6.45, 7) is 3.22. The van der Waals surface area contributed by atoms with Crippen molar-refractivity contribution in [2.45, 2.75) is 56.2 Å². The summed E-state index contributed by atoms with van der Waals surface area (Å²) in [5.41, 5.74) is 0.127. The van der Waals surface area contributed by atoms with Crippen molar-refractivity contribution < 1.29 is 8.42 Å². The average Bonchev–Trinajstić information content (AvgIpc) is 2.76. The van der Waals surface area contributed by atoms with Gasteiger partial charge in [0.25, 0.3) is 0 Å². The van der Waals surface area contributed by atoms with Gasteiger partial charge in [0.15, 0.2) is 9.84 Å². The first-order valence-electron chi connectivity index (χ1n) is 6.05. The van der Waals surface area contributed by atoms with Crippen LogP contribution in [0.1, 0.15) is 45.4 Å². The summed E-state index contributed by atoms with van der Waals surface area (Å²) in [6, 6.07) is 0. The van der Waals surface area contributed by atoms with E-state index in [9.17, 15) is 8.42 Å². The first-order chi connectivity index (χ1) is 7.08. The van der Waals surface area contributed by atoms with Crippen LogP contribution in [0.2, 0.25) is 0 Å². The highest BCUT2D eigenvalue weighted by Crippen LogP contribution is 2.34. The van der Waals surface area contributed by atoms with Crippen LogP contribution in [0.3, 0.4) is 0 Å². The third kappa shape index (κ3) is 2.21. The molecule has 1 N–H and O–H groups in total. The Kier molecular flexibility index (Phi) is 3.08. The van der Waals surface area contributed by atoms with E-state index in [1.807, 2.05) is 0 Å². The molecular weight excluding hydrogens is 210 g/mol. The lowest BCUT2D eigenvalue weighted by Gasteiger charge is -2.30. The molecule has 2 atom stereocenters. The van der Waals surface area contributed by atoms with Crippen molar-refractivity contribution in [1.29, 1.82) is 0 Å². The van der Waals surface area contributed by atoms with Gasteiger partial charge < -0.3 is 5.32 Å². The Labute approximate surface area is 92.6 Å². The molecule has 0 saturated carbocycles. The number of hydrogen-bond acceptors (Lipinski definition) is 3. The minimum absolute atomic E-state index is 0.0666. The molecule has 2 unspecified atom stereocenters. The normalized spacial score (nSPS) is 39.7. The monoisotopic (exact) mass is 231 g/mol. The zero-order chi connectivity index (χ0) is 10.9. The molecule has 2 aliphatic heterocycles. The first-order valence-corrected chi connectivity index (χ1v) is 7.76. The third-order valence-electron chi connectivity index (χ3n) is 4.09. The van der Waals surface area contributed by atoms with Crippen LogP contribution in [0.15, 0.2) is 0 Å². The number of rotatable bonds is 3. The lowest BCUT2D eigenvalue weighted by Crippen LogP contribution is -2.43. The summed E-state index contributed by atoms with van der Waals surface area (Å²) in [4.78, 5) is 0. The third-order valence-corrected chi connectivity index (χ3v) is 6.37. The summed E-state index contributed by atoms with van der Waals surface area (Å²) in [6.07, 6.45) is 5.99. The Morgan fingerprint density at radius 1 is 1.40 bits per heavy atom. The SMILES string of the molecule is CCC1(CC2CCCS2(=O)=O)CCCN1. The fraction of sp³-hybridized carbons (Fsp3) is 1.00. The molecule has 3 nitrogen and oxygen atoms in total. The Balaban J connectivity index is 2.07. The summed E-state index contributed by atoms with van der Waals surface area (Å²) >= 11 is 0. The lowest BCUT2D eigenvalue weighted by atomic mass is 9.88. The van der Waals surface area contributed by atoms with E-state index in [0.717, 1.165) is 38.6 Å². The van der Waals surface area contributed by atoms with Crippen LogP contribution >= 0.6 is 0 Å². The van der Waals surface area contributed by atoms with E-state index < -0.39 is 9.84 Å². The minimum atomic E-state index is -2.76. The van der Waals surface area contributed by atoms with E-state index in [4.69, 9.17) is 0 Å². The maximum absolute atomic E-state index is 11.8. The molecule has 2 fully saturated rings. The zero-order valence-corrected chi connectivity index (χ0v) is 10.3. The standard InChI is InChI=1S/C11H21NO2S/c1-2-11(6-4-7-12-11)9-10-5-3-8-15(10,13)14/h10,12H,2-9H2,1H3. The fourth-order valence-corrected chi connectivity index (χ4v) is 5.01. The topological polar surface area (TPSA) is 46.2 Å². The van der Waals surface area contributed by atoms with Gasteiger partial charge in [-0.3, -0.25) is 0 Å². The first kappa shape index (κ1) is 11.4. The van der Waals surface area contributed by atoms with Gasteiger partial charge in [0.1, 0.15) is 0 Å². The van der Waals surface area contributed by atoms with E-state index in [1.54, 1.807) is 0 Å². The van der Waals surface area contributed by atoms with Gasteiger partial charge in [0.05, 0.1) is 11.0 Å². The highest BCUT2D eigenvalue weighted by Gasteiger charge is 2.40. The van der Waals surface area contributed by atoms with Crippen LogP contribution in [0.4, 0.5) is 0 Å². The van der Waals surface area contributed by atoms with Crippen LogP contribution in [0.5, 0.6) is 0 Å². The molecule has 0 aromatic rings. The lowest BCUT2D eigenvalue weighted by molar-refractivity contribution is 0.327. The zero-order valence-electron chi connectivity index (χ0n) is 9.46. The largest absolute Gasteiger partial charge is 0.311 e. The van der Waals surface area contributed by atoms with Gasteiger partial charge in [-0.15, -0.1) is 0 Å². The molecule has 0 spiro atoms. The minimum Gasteiger partial charge on any atom is -0.311 e. The predicted molar refractivity (Wildman–Crippen MR) is 61.7 cm³/mol. The van der Waals surface area contributed by atoms with E-state index in [0.29, 0.717) is 5.75 Å². The second kappa shape index (κ2) is 4.06. The van der Waals surface area contributed by atoms with Crippen molar-refractivity contribution in [3.05, 3.63) is 0 Å². The molecule has 0 aromatic carbocycles. The summed E-state index contributed by atoms with van der Waals surface area (Å²) in [5.74, 6) is 0.414. The smallest absolute Gasteiger partial charge is 0.153 e. The molecule has 2 aliphatic rings. The molecule has 15 heavy (non-hydrogen) atoms. The number of hydrogen-bond donors (Lipinski definition) is 1. The average molecular weight is 231 g/mol. The van der Waals surface area contributed by atoms with Crippen molar-refractivity contribution >= 4 is 9.84 Å². The Bertz CT molecular complexity index is 317. The van der Waals surface area contributed by atoms with Crippen molar-refractivity contribution in [3.8, 4) is 0 Å². The number of sulfone groups is 1. The molecule has 0 aliphatic carbocycles. The second-order valence-electron chi connectivity index (χ2n) is 5.00. The van der Waals surface area contributed by atoms with Crippen LogP contribution in [0, 0.1) is 0 Å². The van der Waals surface area contributed by atoms with Gasteiger partial charge >= 0.3 is 0 Å². The van der Waals surface area contributed by atoms with Gasteiger partial charge in [0, 0.05) is 5.54 Å². The maximum Gasteiger partial charge on any atom is 0.153 e. The Morgan fingerprint density at radius 2 is 2.20 bits per heavy atom. The van der Waals surface area contributed by atoms with Crippen LogP contribution in [-0.4, -0.2) is 31.5 Å². The van der Waals surface area contributed by atoms with Gasteiger partial charge in [0.2, 0.25) is 0 Å². The summed E-state index contributed by atoms with van der Waals surface area (Å²) in [7, 11) is -2.76. The molecule has 2 rings (SSSR count). The predicted octanol–water partition coefficient (Wildman–Crippen LogP) is 1.49. The van der Waals surface area contributed by atoms with Gasteiger partial charge in [-0.1, -0.05) is 6.92 Å². The summed E-state index contributed by atoms with van der Waals surface area (Å²) < 4.78 is 23.6. The van der Waals surface area contributed by atoms with Crippen molar-refractivity contribution in [1.82, 2.24) is 5.32 Å². The molecule has 2 saturated heterocycles. The van der Waals surface area contributed by atoms with Crippen molar-refractivity contribution in [2.24, 2.45) is 0 Å². The molecule has 4 heteroatoms. The molecular formula is C11H21NO2S. The van der Waals surface area contributed by atoms with Crippen molar-refractivity contribution in [2.75, 3.05) is 12.3 Å². The number of nitrogens with one attached hydrogen (secondary N) is 1. The highest BCUT2D eigenvalue weighted by molar-refractivity contribution is 7.92. The van der Waals surface area contributed by atoms with Crippen LogP contribution < -0.4 is 5.32 Å². The van der Waals surface area contributed by atoms with E-state index in [1.165, 1.54) is 6.42 Å². The molecule has 0 radical (unpaired) electrons. The fourth-order valence-electron chi connectivity index (χ4n) is 3.01. The quantitative estimate of drug-likeness (QED) is 0.800. The van der Waals surface area contributed by atoms with Gasteiger partial charge in [-0.25, -0.2) is 8.42 Å².